The Kier molecular flexibility index (Phi) is 2.45. The zero-order valence-electron chi connectivity index (χ0n) is 5.67. The van der Waals surface area contributed by atoms with Crippen LogP contribution in [0.5, 0.6) is 0 Å². The maximum atomic E-state index is 10.8. The minimum absolute atomic E-state index is 0.0982. The Bertz CT molecular complexity index is 160. The molecule has 0 saturated carbocycles. The van der Waals surface area contributed by atoms with E-state index in [4.69, 9.17) is 5.11 Å². The number of rotatable bonds is 3. The van der Waals surface area contributed by atoms with Crippen LogP contribution in [0, 0.1) is 0 Å². The average molecular weight is 142 g/mol. The van der Waals surface area contributed by atoms with Gasteiger partial charge in [-0.3, -0.25) is 0 Å². The normalized spacial score (nSPS) is 15.5. The molecule has 56 valence electrons. The second-order valence-corrected chi connectivity index (χ2v) is 2.13. The molecule has 1 aliphatic carbocycles. The highest BCUT2D eigenvalue weighted by molar-refractivity contribution is 5.89. The molecule has 0 amide bonds. The van der Waals surface area contributed by atoms with E-state index in [-0.39, 0.29) is 19.2 Å². The minimum atomic E-state index is -0.277. The molecule has 3 nitrogen and oxygen atoms in total. The van der Waals surface area contributed by atoms with E-state index in [9.17, 15) is 4.79 Å². The van der Waals surface area contributed by atoms with Gasteiger partial charge in [0.2, 0.25) is 0 Å². The van der Waals surface area contributed by atoms with Gasteiger partial charge in [-0.2, -0.15) is 0 Å². The fourth-order valence-corrected chi connectivity index (χ4v) is 0.705. The Hall–Kier alpha value is -0.830. The second-order valence-electron chi connectivity index (χ2n) is 2.13. The van der Waals surface area contributed by atoms with Gasteiger partial charge in [0.25, 0.3) is 0 Å². The van der Waals surface area contributed by atoms with Gasteiger partial charge in [0.1, 0.15) is 6.61 Å². The van der Waals surface area contributed by atoms with Crippen LogP contribution in [0.1, 0.15) is 12.8 Å². The highest BCUT2D eigenvalue weighted by Gasteiger charge is 2.15. The molecule has 1 aliphatic rings. The summed E-state index contributed by atoms with van der Waals surface area (Å²) in [6.07, 6.45) is 3.65. The summed E-state index contributed by atoms with van der Waals surface area (Å²) in [4.78, 5) is 10.8. The first kappa shape index (κ1) is 7.28. The summed E-state index contributed by atoms with van der Waals surface area (Å²) in [5, 5.41) is 8.29. The average Bonchev–Trinajstić information content (AvgIpc) is 1.79. The molecule has 0 spiro atoms. The summed E-state index contributed by atoms with van der Waals surface area (Å²) < 4.78 is 4.64. The molecule has 0 radical (unpaired) electrons. The number of allylic oxidation sites excluding steroid dienone is 1. The van der Waals surface area contributed by atoms with Crippen molar-refractivity contribution < 1.29 is 14.6 Å². The number of carbonyl (C=O) groups excluding carboxylic acids is 1. The summed E-state index contributed by atoms with van der Waals surface area (Å²) in [5.74, 6) is -0.277. The number of aliphatic hydroxyl groups excluding tert-OH is 1. The van der Waals surface area contributed by atoms with Crippen LogP contribution in [0.15, 0.2) is 11.6 Å². The predicted molar refractivity (Wildman–Crippen MR) is 35.4 cm³/mol. The number of hydrogen-bond acceptors (Lipinski definition) is 3. The zero-order valence-corrected chi connectivity index (χ0v) is 5.67. The maximum absolute atomic E-state index is 10.8. The maximum Gasteiger partial charge on any atom is 0.333 e. The fraction of sp³-hybridized carbons (Fsp3) is 0.571. The summed E-state index contributed by atoms with van der Waals surface area (Å²) >= 11 is 0. The molecule has 0 bridgehead atoms. The van der Waals surface area contributed by atoms with Gasteiger partial charge in [-0.05, 0) is 12.8 Å². The monoisotopic (exact) mass is 142 g/mol. The summed E-state index contributed by atoms with van der Waals surface area (Å²) in [6, 6.07) is 0. The lowest BCUT2D eigenvalue weighted by molar-refractivity contribution is -0.140. The van der Waals surface area contributed by atoms with E-state index in [1.165, 1.54) is 0 Å². The molecule has 0 unspecified atom stereocenters. The van der Waals surface area contributed by atoms with Crippen LogP contribution in [-0.2, 0) is 9.53 Å². The van der Waals surface area contributed by atoms with Crippen molar-refractivity contribution >= 4 is 5.97 Å². The largest absolute Gasteiger partial charge is 0.460 e. The first-order valence-electron chi connectivity index (χ1n) is 3.31. The smallest absolute Gasteiger partial charge is 0.333 e. The number of esters is 1. The number of hydrogen-bond donors (Lipinski definition) is 1. The van der Waals surface area contributed by atoms with Crippen LogP contribution >= 0.6 is 0 Å². The van der Waals surface area contributed by atoms with Crippen molar-refractivity contribution in [1.29, 1.82) is 0 Å². The van der Waals surface area contributed by atoms with Crippen molar-refractivity contribution in [3.8, 4) is 0 Å². The lowest BCUT2D eigenvalue weighted by Crippen LogP contribution is -2.14. The van der Waals surface area contributed by atoms with Gasteiger partial charge < -0.3 is 9.84 Å². The van der Waals surface area contributed by atoms with Crippen LogP contribution in [0.2, 0.25) is 0 Å². The number of aliphatic hydroxyl groups is 1. The fourth-order valence-electron chi connectivity index (χ4n) is 0.705. The topological polar surface area (TPSA) is 46.5 Å². The predicted octanol–water partition coefficient (Wildman–Crippen LogP) is 0.242. The van der Waals surface area contributed by atoms with Gasteiger partial charge in [-0.15, -0.1) is 0 Å². The molecule has 1 N–H and O–H groups in total. The van der Waals surface area contributed by atoms with Crippen LogP contribution in [0.3, 0.4) is 0 Å². The van der Waals surface area contributed by atoms with Gasteiger partial charge in [-0.25, -0.2) is 4.79 Å². The molecule has 3 heteroatoms. The molecule has 0 aromatic heterocycles. The lowest BCUT2D eigenvalue weighted by atomic mass is 10.00. The van der Waals surface area contributed by atoms with E-state index in [0.29, 0.717) is 0 Å². The van der Waals surface area contributed by atoms with Crippen molar-refractivity contribution in [2.75, 3.05) is 13.2 Å². The Morgan fingerprint density at radius 3 is 2.90 bits per heavy atom. The van der Waals surface area contributed by atoms with Gasteiger partial charge in [0, 0.05) is 5.57 Å². The van der Waals surface area contributed by atoms with Crippen molar-refractivity contribution in [3.05, 3.63) is 11.6 Å². The number of ether oxygens (including phenoxy) is 1. The number of carbonyl (C=O) groups is 1. The van der Waals surface area contributed by atoms with Crippen molar-refractivity contribution in [2.45, 2.75) is 12.8 Å². The Morgan fingerprint density at radius 2 is 2.50 bits per heavy atom. The highest BCUT2D eigenvalue weighted by Crippen LogP contribution is 2.18. The molecule has 0 fully saturated rings. The summed E-state index contributed by atoms with van der Waals surface area (Å²) in [7, 11) is 0. The van der Waals surface area contributed by atoms with Crippen LogP contribution in [0.4, 0.5) is 0 Å². The Labute approximate surface area is 59.3 Å². The van der Waals surface area contributed by atoms with Crippen molar-refractivity contribution in [3.63, 3.8) is 0 Å². The van der Waals surface area contributed by atoms with E-state index >= 15 is 0 Å². The van der Waals surface area contributed by atoms with Gasteiger partial charge in [0.15, 0.2) is 0 Å². The van der Waals surface area contributed by atoms with Crippen LogP contribution in [-0.4, -0.2) is 24.3 Å². The molecule has 0 saturated heterocycles. The minimum Gasteiger partial charge on any atom is -0.460 e. The van der Waals surface area contributed by atoms with E-state index in [1.807, 2.05) is 6.08 Å². The SMILES string of the molecule is O=C(OCCO)C1=CCC1. The third-order valence-corrected chi connectivity index (χ3v) is 1.39. The van der Waals surface area contributed by atoms with E-state index in [1.54, 1.807) is 0 Å². The lowest BCUT2D eigenvalue weighted by Gasteiger charge is -2.11. The van der Waals surface area contributed by atoms with Crippen LogP contribution in [0.25, 0.3) is 0 Å². The second kappa shape index (κ2) is 3.37. The van der Waals surface area contributed by atoms with E-state index in [2.05, 4.69) is 4.74 Å². The highest BCUT2D eigenvalue weighted by atomic mass is 16.5. The standard InChI is InChI=1S/C7H10O3/c8-4-5-10-7(9)6-2-1-3-6/h2,8H,1,3-5H2. The van der Waals surface area contributed by atoms with Crippen molar-refractivity contribution in [2.24, 2.45) is 0 Å². The quantitative estimate of drug-likeness (QED) is 0.574. The van der Waals surface area contributed by atoms with Gasteiger partial charge in [-0.1, -0.05) is 6.08 Å². The molecule has 0 heterocycles. The summed E-state index contributed by atoms with van der Waals surface area (Å²) in [5.41, 5.74) is 0.744. The first-order chi connectivity index (χ1) is 4.84. The van der Waals surface area contributed by atoms with Crippen LogP contribution < -0.4 is 0 Å². The molecule has 0 aromatic carbocycles. The summed E-state index contributed by atoms with van der Waals surface area (Å²) in [6.45, 7) is 0.00912. The Balaban J connectivity index is 2.21. The molecular formula is C7H10O3. The van der Waals surface area contributed by atoms with Gasteiger partial charge in [0.05, 0.1) is 6.61 Å². The molecule has 0 aliphatic heterocycles. The zero-order chi connectivity index (χ0) is 7.40. The third kappa shape index (κ3) is 1.57. The van der Waals surface area contributed by atoms with Gasteiger partial charge >= 0.3 is 5.97 Å². The van der Waals surface area contributed by atoms with E-state index in [0.717, 1.165) is 18.4 Å². The van der Waals surface area contributed by atoms with Crippen molar-refractivity contribution in [1.82, 2.24) is 0 Å². The molecular weight excluding hydrogens is 132 g/mol. The molecule has 10 heavy (non-hydrogen) atoms. The molecule has 1 rings (SSSR count). The Morgan fingerprint density at radius 1 is 1.80 bits per heavy atom. The molecule has 0 aromatic rings. The molecule has 0 atom stereocenters. The van der Waals surface area contributed by atoms with E-state index < -0.39 is 0 Å². The third-order valence-electron chi connectivity index (χ3n) is 1.39. The first-order valence-corrected chi connectivity index (χ1v) is 3.31.